The number of rotatable bonds is 5. The van der Waals surface area contributed by atoms with Crippen molar-refractivity contribution in [1.29, 1.82) is 0 Å². The molecule has 1 aromatic carbocycles. The molecule has 7 heteroatoms. The van der Waals surface area contributed by atoms with Crippen molar-refractivity contribution >= 4 is 46.6 Å². The average Bonchev–Trinajstić information content (AvgIpc) is 3.32. The lowest BCUT2D eigenvalue weighted by Crippen LogP contribution is -2.24. The summed E-state index contributed by atoms with van der Waals surface area (Å²) in [4.78, 5) is 28.2. The van der Waals surface area contributed by atoms with Crippen LogP contribution >= 0.6 is 23.6 Å². The van der Waals surface area contributed by atoms with Gasteiger partial charge in [0.2, 0.25) is 0 Å². The standard InChI is InChI=1S/C20H19N3O2S2/c1-2-3-8-23-11-13-9-12(4-6-15(13)19(23)25)17-7-5-14(27-17)10-16-18(24)22-20(26)21-16/h4-7,9-10H,2-3,8,11H2,1H3,(H2,21,22,24,26)/b16-10-. The predicted molar refractivity (Wildman–Crippen MR) is 111 cm³/mol. The van der Waals surface area contributed by atoms with Crippen LogP contribution in [-0.2, 0) is 11.3 Å². The summed E-state index contributed by atoms with van der Waals surface area (Å²) in [5.74, 6) is -0.0749. The Kier molecular flexibility index (Phi) is 4.80. The molecule has 138 valence electrons. The summed E-state index contributed by atoms with van der Waals surface area (Å²) >= 11 is 6.55. The molecule has 2 N–H and O–H groups in total. The SMILES string of the molecule is CCCCN1Cc2cc(-c3ccc(/C=C4\NC(=S)NC4=O)s3)ccc2C1=O. The first-order valence-corrected chi connectivity index (χ1v) is 10.1. The van der Waals surface area contributed by atoms with Gasteiger partial charge in [0.15, 0.2) is 5.11 Å². The molecule has 2 aromatic rings. The highest BCUT2D eigenvalue weighted by molar-refractivity contribution is 7.80. The normalized spacial score (nSPS) is 17.4. The molecular formula is C20H19N3O2S2. The van der Waals surface area contributed by atoms with Crippen molar-refractivity contribution in [1.82, 2.24) is 15.5 Å². The molecule has 27 heavy (non-hydrogen) atoms. The molecular weight excluding hydrogens is 378 g/mol. The zero-order chi connectivity index (χ0) is 19.0. The minimum absolute atomic E-state index is 0.135. The van der Waals surface area contributed by atoms with E-state index in [0.29, 0.717) is 17.4 Å². The van der Waals surface area contributed by atoms with Crippen LogP contribution in [0.5, 0.6) is 0 Å². The molecule has 4 rings (SSSR count). The molecule has 1 aromatic heterocycles. The van der Waals surface area contributed by atoms with E-state index in [2.05, 4.69) is 23.6 Å². The third kappa shape index (κ3) is 3.52. The summed E-state index contributed by atoms with van der Waals surface area (Å²) in [7, 11) is 0. The second kappa shape index (κ2) is 7.25. The second-order valence-corrected chi connectivity index (χ2v) is 8.14. The Labute approximate surface area is 167 Å². The average molecular weight is 398 g/mol. The van der Waals surface area contributed by atoms with Crippen LogP contribution in [-0.4, -0.2) is 28.4 Å². The molecule has 2 aliphatic heterocycles. The molecule has 0 atom stereocenters. The molecule has 0 radical (unpaired) electrons. The first kappa shape index (κ1) is 17.9. The molecule has 3 heterocycles. The van der Waals surface area contributed by atoms with E-state index in [9.17, 15) is 9.59 Å². The lowest BCUT2D eigenvalue weighted by Gasteiger charge is -2.14. The van der Waals surface area contributed by atoms with Crippen LogP contribution < -0.4 is 10.6 Å². The fourth-order valence-corrected chi connectivity index (χ4v) is 4.42. The fourth-order valence-electron chi connectivity index (χ4n) is 3.27. The number of thiophene rings is 1. The van der Waals surface area contributed by atoms with Gasteiger partial charge >= 0.3 is 0 Å². The highest BCUT2D eigenvalue weighted by Crippen LogP contribution is 2.33. The monoisotopic (exact) mass is 397 g/mol. The molecule has 1 saturated heterocycles. The van der Waals surface area contributed by atoms with Gasteiger partial charge in [0.1, 0.15) is 5.70 Å². The maximum atomic E-state index is 12.5. The molecule has 0 bridgehead atoms. The minimum atomic E-state index is -0.210. The number of amides is 2. The second-order valence-electron chi connectivity index (χ2n) is 6.62. The highest BCUT2D eigenvalue weighted by Gasteiger charge is 2.27. The summed E-state index contributed by atoms with van der Waals surface area (Å²) in [5.41, 5.74) is 3.45. The van der Waals surface area contributed by atoms with Gasteiger partial charge in [-0.3, -0.25) is 14.9 Å². The van der Waals surface area contributed by atoms with Crippen molar-refractivity contribution in [2.45, 2.75) is 26.3 Å². The zero-order valence-corrected chi connectivity index (χ0v) is 16.5. The number of unbranched alkanes of at least 4 members (excludes halogenated alkanes) is 1. The molecule has 0 aliphatic carbocycles. The number of thiocarbonyl (C=S) groups is 1. The van der Waals surface area contributed by atoms with Gasteiger partial charge in [0.05, 0.1) is 0 Å². The molecule has 2 amide bonds. The number of fused-ring (bicyclic) bond motifs is 1. The van der Waals surface area contributed by atoms with E-state index in [1.165, 1.54) is 0 Å². The lowest BCUT2D eigenvalue weighted by molar-refractivity contribution is -0.115. The Bertz CT molecular complexity index is 977. The zero-order valence-electron chi connectivity index (χ0n) is 14.9. The van der Waals surface area contributed by atoms with E-state index in [1.807, 2.05) is 29.2 Å². The summed E-state index contributed by atoms with van der Waals surface area (Å²) in [6.45, 7) is 3.63. The van der Waals surface area contributed by atoms with Gasteiger partial charge in [0, 0.05) is 28.4 Å². The third-order valence-corrected chi connectivity index (χ3v) is 5.97. The number of hydrogen-bond donors (Lipinski definition) is 2. The molecule has 0 saturated carbocycles. The highest BCUT2D eigenvalue weighted by atomic mass is 32.1. The van der Waals surface area contributed by atoms with Crippen LogP contribution in [0, 0.1) is 0 Å². The van der Waals surface area contributed by atoms with Crippen LogP contribution in [0.2, 0.25) is 0 Å². The number of carbonyl (C=O) groups is 2. The van der Waals surface area contributed by atoms with Crippen LogP contribution in [0.3, 0.4) is 0 Å². The van der Waals surface area contributed by atoms with Crippen molar-refractivity contribution in [3.8, 4) is 10.4 Å². The maximum Gasteiger partial charge on any atom is 0.273 e. The number of carbonyl (C=O) groups excluding carboxylic acids is 2. The topological polar surface area (TPSA) is 61.4 Å². The van der Waals surface area contributed by atoms with Gasteiger partial charge in [0.25, 0.3) is 11.8 Å². The molecule has 0 spiro atoms. The molecule has 0 unspecified atom stereocenters. The first-order chi connectivity index (χ1) is 13.0. The van der Waals surface area contributed by atoms with Crippen molar-refractivity contribution in [3.05, 3.63) is 52.0 Å². The summed E-state index contributed by atoms with van der Waals surface area (Å²) in [6, 6.07) is 10.1. The van der Waals surface area contributed by atoms with Gasteiger partial charge < -0.3 is 10.2 Å². The summed E-state index contributed by atoms with van der Waals surface area (Å²) in [6.07, 6.45) is 3.91. The quantitative estimate of drug-likeness (QED) is 0.599. The van der Waals surface area contributed by atoms with Crippen molar-refractivity contribution in [2.24, 2.45) is 0 Å². The Morgan fingerprint density at radius 1 is 1.22 bits per heavy atom. The van der Waals surface area contributed by atoms with Gasteiger partial charge in [-0.1, -0.05) is 19.4 Å². The number of nitrogens with zero attached hydrogens (tertiary/aromatic N) is 1. The lowest BCUT2D eigenvalue weighted by atomic mass is 10.1. The number of benzene rings is 1. The Morgan fingerprint density at radius 2 is 2.07 bits per heavy atom. The minimum Gasteiger partial charge on any atom is -0.334 e. The molecule has 2 aliphatic rings. The fraction of sp³-hybridized carbons (Fsp3) is 0.250. The van der Waals surface area contributed by atoms with Crippen molar-refractivity contribution < 1.29 is 9.59 Å². The van der Waals surface area contributed by atoms with Crippen LogP contribution in [0.4, 0.5) is 0 Å². The first-order valence-electron chi connectivity index (χ1n) is 8.91. The Hall–Kier alpha value is -2.51. The molecule has 5 nitrogen and oxygen atoms in total. The smallest absolute Gasteiger partial charge is 0.273 e. The largest absolute Gasteiger partial charge is 0.334 e. The van der Waals surface area contributed by atoms with E-state index in [-0.39, 0.29) is 11.8 Å². The van der Waals surface area contributed by atoms with Crippen LogP contribution in [0.25, 0.3) is 16.5 Å². The Balaban J connectivity index is 1.56. The van der Waals surface area contributed by atoms with E-state index < -0.39 is 0 Å². The van der Waals surface area contributed by atoms with Crippen LogP contribution in [0.1, 0.15) is 40.6 Å². The van der Waals surface area contributed by atoms with E-state index in [4.69, 9.17) is 12.2 Å². The predicted octanol–water partition coefficient (Wildman–Crippen LogP) is 3.52. The van der Waals surface area contributed by atoms with Crippen molar-refractivity contribution in [3.63, 3.8) is 0 Å². The third-order valence-electron chi connectivity index (χ3n) is 4.68. The van der Waals surface area contributed by atoms with E-state index in [1.54, 1.807) is 17.4 Å². The number of nitrogens with one attached hydrogen (secondary N) is 2. The maximum absolute atomic E-state index is 12.5. The summed E-state index contributed by atoms with van der Waals surface area (Å²) in [5, 5.41) is 5.75. The van der Waals surface area contributed by atoms with Gasteiger partial charge in [-0.25, -0.2) is 0 Å². The van der Waals surface area contributed by atoms with Gasteiger partial charge in [-0.2, -0.15) is 0 Å². The summed E-state index contributed by atoms with van der Waals surface area (Å²) < 4.78 is 0. The van der Waals surface area contributed by atoms with E-state index >= 15 is 0 Å². The van der Waals surface area contributed by atoms with Gasteiger partial charge in [-0.15, -0.1) is 11.3 Å². The van der Waals surface area contributed by atoms with E-state index in [0.717, 1.165) is 45.8 Å². The molecule has 1 fully saturated rings. The van der Waals surface area contributed by atoms with Gasteiger partial charge in [-0.05, 0) is 60.1 Å². The van der Waals surface area contributed by atoms with Crippen LogP contribution in [0.15, 0.2) is 36.0 Å². The Morgan fingerprint density at radius 3 is 2.81 bits per heavy atom. The van der Waals surface area contributed by atoms with Crippen molar-refractivity contribution in [2.75, 3.05) is 6.54 Å². The number of hydrogen-bond acceptors (Lipinski definition) is 4.